The van der Waals surface area contributed by atoms with E-state index in [1.807, 2.05) is 6.92 Å². The van der Waals surface area contributed by atoms with E-state index in [2.05, 4.69) is 0 Å². The number of alkyl halides is 2. The number of carbonyl (C=O) groups excluding carboxylic acids is 2. The standard InChI is InChI=1S/C29H40ClFO8/c1-16(33)37-15-23(35)29-24(38-25(2,3)39-29)12-20-21-10-17(14-32)19-11-18(36-9-8-30)6-7-26(19,4)28(21,31)22(34)13-27(20,29)5/h11,14,16,20-22,24,33-34H,6-10,12-13,15H2,1-5H3. The number of aliphatic hydroxyl groups excluding tert-OH is 2. The molecule has 39 heavy (non-hydrogen) atoms. The lowest BCUT2D eigenvalue weighted by Crippen LogP contribution is -2.70. The van der Waals surface area contributed by atoms with Crippen molar-refractivity contribution in [3.8, 4) is 0 Å². The lowest BCUT2D eigenvalue weighted by atomic mass is 9.44. The number of fused-ring (bicyclic) bond motifs is 7. The van der Waals surface area contributed by atoms with Crippen molar-refractivity contribution in [3.63, 3.8) is 0 Å². The molecule has 1 heterocycles. The van der Waals surface area contributed by atoms with Crippen molar-refractivity contribution in [1.29, 1.82) is 0 Å². The summed E-state index contributed by atoms with van der Waals surface area (Å²) < 4.78 is 41.5. The Morgan fingerprint density at radius 1 is 1.31 bits per heavy atom. The van der Waals surface area contributed by atoms with Gasteiger partial charge in [0.05, 0.1) is 23.8 Å². The third-order valence-electron chi connectivity index (χ3n) is 10.3. The fourth-order valence-corrected chi connectivity index (χ4v) is 8.86. The molecular formula is C29H40ClFO8. The minimum absolute atomic E-state index is 0.0281. The Bertz CT molecular complexity index is 1100. The van der Waals surface area contributed by atoms with Crippen molar-refractivity contribution >= 4 is 23.7 Å². The molecule has 3 fully saturated rings. The van der Waals surface area contributed by atoms with Crippen LogP contribution in [0.15, 0.2) is 23.0 Å². The highest BCUT2D eigenvalue weighted by molar-refractivity contribution is 6.17. The van der Waals surface area contributed by atoms with Crippen LogP contribution in [0.4, 0.5) is 4.39 Å². The number of ketones is 1. The summed E-state index contributed by atoms with van der Waals surface area (Å²) in [6.45, 7) is 8.44. The maximum Gasteiger partial charge on any atom is 0.193 e. The molecule has 0 bridgehead atoms. The van der Waals surface area contributed by atoms with Gasteiger partial charge in [-0.2, -0.15) is 0 Å². The number of hydrogen-bond acceptors (Lipinski definition) is 8. The van der Waals surface area contributed by atoms with Gasteiger partial charge >= 0.3 is 0 Å². The average Bonchev–Trinajstić information content (AvgIpc) is 3.27. The Balaban J connectivity index is 1.60. The maximum absolute atomic E-state index is 17.8. The number of hydrogen-bond donors (Lipinski definition) is 2. The van der Waals surface area contributed by atoms with Crippen LogP contribution >= 0.6 is 11.6 Å². The number of allylic oxidation sites excluding steroid dienone is 4. The fourth-order valence-electron chi connectivity index (χ4n) is 8.78. The van der Waals surface area contributed by atoms with Crippen molar-refractivity contribution in [1.82, 2.24) is 0 Å². The van der Waals surface area contributed by atoms with E-state index in [0.29, 0.717) is 48.7 Å². The van der Waals surface area contributed by atoms with Crippen molar-refractivity contribution < 1.29 is 43.1 Å². The Morgan fingerprint density at radius 3 is 2.67 bits per heavy atom. The van der Waals surface area contributed by atoms with Crippen LogP contribution in [0.3, 0.4) is 0 Å². The predicted octanol–water partition coefficient (Wildman–Crippen LogP) is 3.75. The highest BCUT2D eigenvalue weighted by Gasteiger charge is 2.80. The van der Waals surface area contributed by atoms with Crippen molar-refractivity contribution in [3.05, 3.63) is 23.0 Å². The minimum Gasteiger partial charge on any atom is -0.497 e. The molecular weight excluding hydrogens is 531 g/mol. The molecule has 0 amide bonds. The minimum atomic E-state index is -2.05. The summed E-state index contributed by atoms with van der Waals surface area (Å²) in [6, 6.07) is 0. The topological polar surface area (TPSA) is 112 Å². The van der Waals surface area contributed by atoms with E-state index in [-0.39, 0.29) is 12.8 Å². The highest BCUT2D eigenvalue weighted by atomic mass is 35.5. The van der Waals surface area contributed by atoms with Crippen LogP contribution in [0.5, 0.6) is 0 Å². The van der Waals surface area contributed by atoms with Gasteiger partial charge < -0.3 is 29.2 Å². The summed E-state index contributed by atoms with van der Waals surface area (Å²) in [6.07, 6.45) is 0.506. The second kappa shape index (κ2) is 9.60. The van der Waals surface area contributed by atoms with Gasteiger partial charge in [-0.25, -0.2) is 4.39 Å². The molecule has 0 aromatic carbocycles. The number of carbonyl (C=O) groups is 2. The number of rotatable bonds is 8. The Kier molecular flexibility index (Phi) is 7.17. The van der Waals surface area contributed by atoms with Crippen molar-refractivity contribution in [2.75, 3.05) is 19.1 Å². The first kappa shape index (κ1) is 29.1. The van der Waals surface area contributed by atoms with E-state index in [4.69, 9.17) is 30.5 Å². The number of halogens is 2. The molecule has 1 saturated heterocycles. The zero-order valence-corrected chi connectivity index (χ0v) is 24.1. The van der Waals surface area contributed by atoms with Crippen molar-refractivity contribution in [2.45, 2.75) is 102 Å². The van der Waals surface area contributed by atoms with Gasteiger partial charge in [-0.15, -0.1) is 11.6 Å². The first-order valence-corrected chi connectivity index (χ1v) is 14.4. The number of Topliss-reactive ketones (excluding diaryl/α,β-unsaturated/α-hetero) is 1. The maximum atomic E-state index is 17.8. The fraction of sp³-hybridized carbons (Fsp3) is 0.793. The summed E-state index contributed by atoms with van der Waals surface area (Å²) in [4.78, 5) is 26.3. The van der Waals surface area contributed by atoms with E-state index in [1.165, 1.54) is 6.92 Å². The van der Waals surface area contributed by atoms with Gasteiger partial charge in [-0.3, -0.25) is 9.59 Å². The molecule has 218 valence electrons. The molecule has 0 aromatic heterocycles. The zero-order chi connectivity index (χ0) is 28.6. The zero-order valence-electron chi connectivity index (χ0n) is 23.3. The van der Waals surface area contributed by atoms with E-state index in [1.54, 1.807) is 26.8 Å². The highest BCUT2D eigenvalue weighted by Crippen LogP contribution is 2.72. The number of ether oxygens (including phenoxy) is 4. The van der Waals surface area contributed by atoms with Crippen LogP contribution in [0.25, 0.3) is 0 Å². The molecule has 5 rings (SSSR count). The molecule has 0 aromatic rings. The predicted molar refractivity (Wildman–Crippen MR) is 139 cm³/mol. The average molecular weight is 571 g/mol. The van der Waals surface area contributed by atoms with Crippen LogP contribution in [-0.4, -0.2) is 76.9 Å². The number of aldehydes is 1. The summed E-state index contributed by atoms with van der Waals surface area (Å²) in [5.41, 5.74) is -4.65. The molecule has 10 heteroatoms. The second-order valence-corrected chi connectivity index (χ2v) is 13.2. The Labute approximate surface area is 233 Å². The largest absolute Gasteiger partial charge is 0.497 e. The molecule has 9 unspecified atom stereocenters. The molecule has 4 aliphatic carbocycles. The van der Waals surface area contributed by atoms with Crippen molar-refractivity contribution in [2.24, 2.45) is 22.7 Å². The third kappa shape index (κ3) is 3.94. The quantitative estimate of drug-likeness (QED) is 0.258. The van der Waals surface area contributed by atoms with Gasteiger partial charge in [0, 0.05) is 23.2 Å². The molecule has 0 radical (unpaired) electrons. The van der Waals surface area contributed by atoms with E-state index < -0.39 is 70.6 Å². The van der Waals surface area contributed by atoms with Gasteiger partial charge in [0.15, 0.2) is 23.5 Å². The van der Waals surface area contributed by atoms with Gasteiger partial charge in [-0.1, -0.05) is 13.8 Å². The van der Waals surface area contributed by atoms with E-state index in [0.717, 1.165) is 6.29 Å². The molecule has 1 aliphatic heterocycles. The van der Waals surface area contributed by atoms with Crippen LogP contribution in [0, 0.1) is 22.7 Å². The summed E-state index contributed by atoms with van der Waals surface area (Å²) >= 11 is 5.79. The van der Waals surface area contributed by atoms with Crippen LogP contribution in [0.1, 0.15) is 66.7 Å². The van der Waals surface area contributed by atoms with Gasteiger partial charge in [0.25, 0.3) is 0 Å². The van der Waals surface area contributed by atoms with Gasteiger partial charge in [0.1, 0.15) is 25.2 Å². The Hall–Kier alpha value is -1.36. The first-order valence-electron chi connectivity index (χ1n) is 13.9. The summed E-state index contributed by atoms with van der Waals surface area (Å²) in [5, 5.41) is 21.5. The lowest BCUT2D eigenvalue weighted by molar-refractivity contribution is -0.249. The molecule has 9 atom stereocenters. The molecule has 8 nitrogen and oxygen atoms in total. The van der Waals surface area contributed by atoms with Gasteiger partial charge in [-0.05, 0) is 69.6 Å². The lowest BCUT2D eigenvalue weighted by Gasteiger charge is -2.63. The van der Waals surface area contributed by atoms with E-state index in [9.17, 15) is 19.8 Å². The van der Waals surface area contributed by atoms with Gasteiger partial charge in [0.2, 0.25) is 0 Å². The third-order valence-corrected chi connectivity index (χ3v) is 10.5. The monoisotopic (exact) mass is 570 g/mol. The molecule has 2 saturated carbocycles. The summed E-state index contributed by atoms with van der Waals surface area (Å²) in [7, 11) is 0. The van der Waals surface area contributed by atoms with Crippen LogP contribution in [0.2, 0.25) is 0 Å². The molecule has 2 N–H and O–H groups in total. The van der Waals surface area contributed by atoms with E-state index >= 15 is 4.39 Å². The first-order chi connectivity index (χ1) is 18.2. The smallest absolute Gasteiger partial charge is 0.193 e. The number of aliphatic hydroxyl groups is 2. The normalized spacial score (nSPS) is 45.0. The second-order valence-electron chi connectivity index (χ2n) is 12.8. The SMILES string of the molecule is CC(O)OCC(=O)C12OC(C)(C)OC1CC1C3CC(C=O)=C4C=C(OCCCl)CCC4(C)C3(F)C(O)CC12C. The summed E-state index contributed by atoms with van der Waals surface area (Å²) in [5.74, 6) is -1.69. The molecule has 0 spiro atoms. The molecule has 5 aliphatic rings. The van der Waals surface area contributed by atoms with Crippen LogP contribution in [-0.2, 0) is 28.5 Å². The van der Waals surface area contributed by atoms with Crippen LogP contribution < -0.4 is 0 Å². The Morgan fingerprint density at radius 2 is 2.03 bits per heavy atom.